The van der Waals surface area contributed by atoms with Crippen LogP contribution >= 0.6 is 11.3 Å². The summed E-state index contributed by atoms with van der Waals surface area (Å²) in [7, 11) is -3.60. The summed E-state index contributed by atoms with van der Waals surface area (Å²) in [5.41, 5.74) is 6.26. The van der Waals surface area contributed by atoms with Crippen LogP contribution in [-0.2, 0) is 10.0 Å². The van der Waals surface area contributed by atoms with Gasteiger partial charge >= 0.3 is 0 Å². The minimum atomic E-state index is -3.60. The monoisotopic (exact) mass is 469 g/mol. The summed E-state index contributed by atoms with van der Waals surface area (Å²) in [5, 5.41) is 2.96. The maximum absolute atomic E-state index is 13.8. The van der Waals surface area contributed by atoms with Crippen LogP contribution in [0.4, 0.5) is 5.69 Å². The zero-order chi connectivity index (χ0) is 23.0. The Bertz CT molecular complexity index is 1220. The second kappa shape index (κ2) is 8.96. The van der Waals surface area contributed by atoms with Crippen LogP contribution in [0.25, 0.3) is 11.3 Å². The fourth-order valence-electron chi connectivity index (χ4n) is 4.28. The first-order chi connectivity index (χ1) is 15.2. The number of anilines is 1. The Morgan fingerprint density at radius 1 is 1.00 bits per heavy atom. The lowest BCUT2D eigenvalue weighted by Crippen LogP contribution is -2.49. The number of piperazine rings is 1. The van der Waals surface area contributed by atoms with Crippen molar-refractivity contribution in [3.8, 4) is 11.3 Å². The van der Waals surface area contributed by atoms with E-state index in [0.717, 1.165) is 21.8 Å². The number of thiazole rings is 1. The molecule has 2 heterocycles. The highest BCUT2D eigenvalue weighted by Gasteiger charge is 2.31. The van der Waals surface area contributed by atoms with Crippen LogP contribution in [0.5, 0.6) is 0 Å². The normalized spacial score (nSPS) is 15.5. The number of aromatic nitrogens is 1. The molecule has 0 unspecified atom stereocenters. The minimum absolute atomic E-state index is 0.113. The van der Waals surface area contributed by atoms with Gasteiger partial charge in [-0.3, -0.25) is 0 Å². The number of hydrogen-bond donors (Lipinski definition) is 0. The molecule has 3 aromatic rings. The molecule has 2 aromatic carbocycles. The van der Waals surface area contributed by atoms with Gasteiger partial charge in [0, 0.05) is 42.8 Å². The highest BCUT2D eigenvalue weighted by atomic mass is 32.2. The molecular formula is C25H31N3O2S2. The van der Waals surface area contributed by atoms with E-state index in [4.69, 9.17) is 0 Å². The fraction of sp³-hybridized carbons (Fsp3) is 0.400. The minimum Gasteiger partial charge on any atom is -0.369 e. The second-order valence-corrected chi connectivity index (χ2v) is 11.7. The summed E-state index contributed by atoms with van der Waals surface area (Å²) < 4.78 is 29.2. The highest BCUT2D eigenvalue weighted by molar-refractivity contribution is 7.89. The topological polar surface area (TPSA) is 53.5 Å². The van der Waals surface area contributed by atoms with Crippen LogP contribution in [0.3, 0.4) is 0 Å². The third kappa shape index (κ3) is 4.34. The van der Waals surface area contributed by atoms with E-state index in [0.29, 0.717) is 31.1 Å². The predicted octanol–water partition coefficient (Wildman–Crippen LogP) is 5.37. The van der Waals surface area contributed by atoms with E-state index in [1.165, 1.54) is 16.8 Å². The average molecular weight is 470 g/mol. The van der Waals surface area contributed by atoms with Gasteiger partial charge in [-0.25, -0.2) is 13.4 Å². The molecule has 0 aliphatic carbocycles. The molecule has 0 bridgehead atoms. The van der Waals surface area contributed by atoms with Gasteiger partial charge in [0.25, 0.3) is 0 Å². The number of benzene rings is 2. The van der Waals surface area contributed by atoms with E-state index < -0.39 is 10.0 Å². The zero-order valence-electron chi connectivity index (χ0n) is 19.4. The van der Waals surface area contributed by atoms with Crippen molar-refractivity contribution in [3.63, 3.8) is 0 Å². The lowest BCUT2D eigenvalue weighted by atomic mass is 10.0. The van der Waals surface area contributed by atoms with Gasteiger partial charge in [-0.1, -0.05) is 38.1 Å². The summed E-state index contributed by atoms with van der Waals surface area (Å²) in [6.45, 7) is 12.6. The van der Waals surface area contributed by atoms with Gasteiger partial charge in [0.05, 0.1) is 15.6 Å². The van der Waals surface area contributed by atoms with E-state index in [9.17, 15) is 8.42 Å². The van der Waals surface area contributed by atoms with Gasteiger partial charge in [-0.05, 0) is 55.5 Å². The molecule has 1 fully saturated rings. The first-order valence-corrected chi connectivity index (χ1v) is 13.4. The first-order valence-electron chi connectivity index (χ1n) is 11.1. The maximum Gasteiger partial charge on any atom is 0.243 e. The molecule has 5 nitrogen and oxygen atoms in total. The Hall–Kier alpha value is -2.22. The van der Waals surface area contributed by atoms with Crippen molar-refractivity contribution in [2.75, 3.05) is 31.1 Å². The molecule has 32 heavy (non-hydrogen) atoms. The average Bonchev–Trinajstić information content (AvgIpc) is 3.21. The highest BCUT2D eigenvalue weighted by Crippen LogP contribution is 2.33. The standard InChI is InChI=1S/C25H31N3O2S2/c1-17(2)22-10-9-21(23-16-31-20(5)26-23)15-25(22)32(29,30)28-13-11-27(12-14-28)24-8-6-7-18(3)19(24)4/h6-10,15-17H,11-14H2,1-5H3. The molecule has 7 heteroatoms. The molecule has 4 rings (SSSR count). The molecule has 0 saturated carbocycles. The quantitative estimate of drug-likeness (QED) is 0.504. The molecule has 1 aliphatic heterocycles. The Kier molecular flexibility index (Phi) is 6.43. The van der Waals surface area contributed by atoms with Crippen molar-refractivity contribution < 1.29 is 8.42 Å². The van der Waals surface area contributed by atoms with E-state index in [-0.39, 0.29) is 5.92 Å². The van der Waals surface area contributed by atoms with Crippen molar-refractivity contribution in [1.29, 1.82) is 0 Å². The van der Waals surface area contributed by atoms with E-state index >= 15 is 0 Å². The Morgan fingerprint density at radius 3 is 2.34 bits per heavy atom. The second-order valence-electron chi connectivity index (χ2n) is 8.77. The van der Waals surface area contributed by atoms with Crippen LogP contribution in [0.15, 0.2) is 46.7 Å². The molecule has 0 spiro atoms. The molecule has 0 amide bonds. The SMILES string of the molecule is Cc1nc(-c2ccc(C(C)C)c(S(=O)(=O)N3CCN(c4cccc(C)c4C)CC3)c2)cs1. The summed E-state index contributed by atoms with van der Waals surface area (Å²) in [4.78, 5) is 7.26. The number of rotatable bonds is 5. The van der Waals surface area contributed by atoms with Crippen LogP contribution in [0.1, 0.15) is 41.5 Å². The molecular weight excluding hydrogens is 438 g/mol. The van der Waals surface area contributed by atoms with Crippen molar-refractivity contribution in [3.05, 3.63) is 63.5 Å². The summed E-state index contributed by atoms with van der Waals surface area (Å²) in [6, 6.07) is 12.1. The van der Waals surface area contributed by atoms with Crippen molar-refractivity contribution in [1.82, 2.24) is 9.29 Å². The summed E-state index contributed by atoms with van der Waals surface area (Å²) in [6.07, 6.45) is 0. The van der Waals surface area contributed by atoms with Crippen LogP contribution in [-0.4, -0.2) is 43.9 Å². The lowest BCUT2D eigenvalue weighted by Gasteiger charge is -2.36. The Labute approximate surface area is 195 Å². The van der Waals surface area contributed by atoms with E-state index in [2.05, 4.69) is 41.9 Å². The largest absolute Gasteiger partial charge is 0.369 e. The van der Waals surface area contributed by atoms with E-state index in [1.54, 1.807) is 15.6 Å². The summed E-state index contributed by atoms with van der Waals surface area (Å²) >= 11 is 1.57. The number of hydrogen-bond acceptors (Lipinski definition) is 5. The number of sulfonamides is 1. The van der Waals surface area contributed by atoms with Crippen LogP contribution < -0.4 is 4.90 Å². The van der Waals surface area contributed by atoms with Gasteiger partial charge in [0.15, 0.2) is 0 Å². The van der Waals surface area contributed by atoms with Crippen LogP contribution in [0.2, 0.25) is 0 Å². The van der Waals surface area contributed by atoms with Gasteiger partial charge in [0.1, 0.15) is 0 Å². The third-order valence-corrected chi connectivity index (χ3v) is 9.05. The first kappa shape index (κ1) is 23.0. The molecule has 1 saturated heterocycles. The van der Waals surface area contributed by atoms with E-state index in [1.807, 2.05) is 44.4 Å². The van der Waals surface area contributed by atoms with Gasteiger partial charge in [-0.2, -0.15) is 4.31 Å². The fourth-order valence-corrected chi connectivity index (χ4v) is 6.70. The molecule has 0 atom stereocenters. The molecule has 1 aromatic heterocycles. The van der Waals surface area contributed by atoms with Crippen molar-refractivity contribution in [2.24, 2.45) is 0 Å². The van der Waals surface area contributed by atoms with Gasteiger partial charge in [-0.15, -0.1) is 11.3 Å². The van der Waals surface area contributed by atoms with Gasteiger partial charge in [0.2, 0.25) is 10.0 Å². The molecule has 0 radical (unpaired) electrons. The summed E-state index contributed by atoms with van der Waals surface area (Å²) in [5.74, 6) is 0.113. The number of nitrogens with zero attached hydrogens (tertiary/aromatic N) is 3. The number of aryl methyl sites for hydroxylation is 2. The van der Waals surface area contributed by atoms with Gasteiger partial charge < -0.3 is 4.90 Å². The third-order valence-electron chi connectivity index (χ3n) is 6.32. The van der Waals surface area contributed by atoms with Crippen molar-refractivity contribution in [2.45, 2.75) is 45.4 Å². The molecule has 0 N–H and O–H groups in total. The Balaban J connectivity index is 1.63. The molecule has 1 aliphatic rings. The predicted molar refractivity (Wildman–Crippen MR) is 133 cm³/mol. The van der Waals surface area contributed by atoms with Crippen molar-refractivity contribution >= 4 is 27.0 Å². The Morgan fingerprint density at radius 2 is 1.72 bits per heavy atom. The van der Waals surface area contributed by atoms with Crippen LogP contribution in [0, 0.1) is 20.8 Å². The maximum atomic E-state index is 13.8. The smallest absolute Gasteiger partial charge is 0.243 e. The molecule has 170 valence electrons. The zero-order valence-corrected chi connectivity index (χ0v) is 21.1. The lowest BCUT2D eigenvalue weighted by molar-refractivity contribution is 0.384.